The van der Waals surface area contributed by atoms with Gasteiger partial charge in [-0.05, 0) is 37.1 Å². The van der Waals surface area contributed by atoms with E-state index in [9.17, 15) is 5.11 Å². The van der Waals surface area contributed by atoms with Crippen LogP contribution in [0.2, 0.25) is 0 Å². The quantitative estimate of drug-likeness (QED) is 0.825. The molecule has 1 atom stereocenters. The highest BCUT2D eigenvalue weighted by atomic mass is 35.5. The molecule has 0 bridgehead atoms. The summed E-state index contributed by atoms with van der Waals surface area (Å²) in [7, 11) is 2.14. The summed E-state index contributed by atoms with van der Waals surface area (Å²) in [5, 5.41) is 10.2. The number of aliphatic hydroxyl groups excluding tert-OH is 1. The Morgan fingerprint density at radius 3 is 2.33 bits per heavy atom. The number of hydrogen-bond acceptors (Lipinski definition) is 4. The predicted octanol–water partition coefficient (Wildman–Crippen LogP) is 2.95. The summed E-state index contributed by atoms with van der Waals surface area (Å²) in [6.45, 7) is 11.6. The third-order valence-corrected chi connectivity index (χ3v) is 4.29. The molecule has 1 N–H and O–H groups in total. The monoisotopic (exact) mass is 378 g/mol. The SMILES string of the molecule is Cc1ccc(C(C)C)c(OCC(O)CN2CCN(C)CC2)c1.Cl.Cl. The highest BCUT2D eigenvalue weighted by Crippen LogP contribution is 2.27. The Hall–Kier alpha value is -0.520. The summed E-state index contributed by atoms with van der Waals surface area (Å²) in [4.78, 5) is 4.63. The van der Waals surface area contributed by atoms with Gasteiger partial charge >= 0.3 is 0 Å². The number of hydrogen-bond donors (Lipinski definition) is 1. The van der Waals surface area contributed by atoms with Crippen LogP contribution in [-0.2, 0) is 0 Å². The van der Waals surface area contributed by atoms with E-state index in [1.807, 2.05) is 0 Å². The smallest absolute Gasteiger partial charge is 0.123 e. The molecule has 1 saturated heterocycles. The zero-order valence-electron chi connectivity index (χ0n) is 15.2. The molecular formula is C18H32Cl2N2O2. The number of piperazine rings is 1. The van der Waals surface area contributed by atoms with Gasteiger partial charge in [-0.25, -0.2) is 0 Å². The lowest BCUT2D eigenvalue weighted by atomic mass is 10.0. The summed E-state index contributed by atoms with van der Waals surface area (Å²) in [5.74, 6) is 1.33. The number of rotatable bonds is 6. The molecule has 1 aromatic carbocycles. The van der Waals surface area contributed by atoms with Crippen LogP contribution in [0.25, 0.3) is 0 Å². The van der Waals surface area contributed by atoms with E-state index in [1.165, 1.54) is 11.1 Å². The van der Waals surface area contributed by atoms with E-state index in [4.69, 9.17) is 4.74 Å². The van der Waals surface area contributed by atoms with Crippen LogP contribution in [-0.4, -0.2) is 67.4 Å². The Balaban J connectivity index is 0.00000264. The molecule has 4 nitrogen and oxygen atoms in total. The van der Waals surface area contributed by atoms with E-state index in [0.29, 0.717) is 19.1 Å². The fraction of sp³-hybridized carbons (Fsp3) is 0.667. The molecule has 0 amide bonds. The Labute approximate surface area is 159 Å². The summed E-state index contributed by atoms with van der Waals surface area (Å²) in [6, 6.07) is 6.31. The van der Waals surface area contributed by atoms with Crippen molar-refractivity contribution in [1.82, 2.24) is 9.80 Å². The number of likely N-dealkylation sites (N-methyl/N-ethyl adjacent to an activating group) is 1. The molecule has 0 saturated carbocycles. The maximum absolute atomic E-state index is 10.2. The summed E-state index contributed by atoms with van der Waals surface area (Å²) < 4.78 is 5.92. The topological polar surface area (TPSA) is 35.9 Å². The Morgan fingerprint density at radius 1 is 1.12 bits per heavy atom. The molecular weight excluding hydrogens is 347 g/mol. The van der Waals surface area contributed by atoms with E-state index < -0.39 is 6.10 Å². The van der Waals surface area contributed by atoms with Gasteiger partial charge in [0, 0.05) is 32.7 Å². The van der Waals surface area contributed by atoms with Crippen LogP contribution in [0.4, 0.5) is 0 Å². The van der Waals surface area contributed by atoms with Crippen LogP contribution < -0.4 is 4.74 Å². The first-order chi connectivity index (χ1) is 10.5. The highest BCUT2D eigenvalue weighted by Gasteiger charge is 2.18. The van der Waals surface area contributed by atoms with Crippen LogP contribution in [0.15, 0.2) is 18.2 Å². The van der Waals surface area contributed by atoms with E-state index in [-0.39, 0.29) is 24.8 Å². The first kappa shape index (κ1) is 23.5. The predicted molar refractivity (Wildman–Crippen MR) is 105 cm³/mol. The molecule has 1 aliphatic heterocycles. The van der Waals surface area contributed by atoms with Gasteiger partial charge < -0.3 is 14.7 Å². The maximum Gasteiger partial charge on any atom is 0.123 e. The average Bonchev–Trinajstić information content (AvgIpc) is 2.47. The fourth-order valence-corrected chi connectivity index (χ4v) is 2.81. The molecule has 0 aromatic heterocycles. The molecule has 1 aromatic rings. The highest BCUT2D eigenvalue weighted by molar-refractivity contribution is 5.85. The van der Waals surface area contributed by atoms with Gasteiger partial charge in [0.25, 0.3) is 0 Å². The normalized spacial score (nSPS) is 17.1. The molecule has 0 aliphatic carbocycles. The number of nitrogens with zero attached hydrogens (tertiary/aromatic N) is 2. The lowest BCUT2D eigenvalue weighted by Crippen LogP contribution is -2.47. The summed E-state index contributed by atoms with van der Waals surface area (Å²) in [6.07, 6.45) is -0.441. The third kappa shape index (κ3) is 7.16. The van der Waals surface area contributed by atoms with Gasteiger partial charge in [0.05, 0.1) is 0 Å². The molecule has 1 unspecified atom stereocenters. The Morgan fingerprint density at radius 2 is 1.75 bits per heavy atom. The van der Waals surface area contributed by atoms with E-state index >= 15 is 0 Å². The van der Waals surface area contributed by atoms with Crippen molar-refractivity contribution < 1.29 is 9.84 Å². The molecule has 24 heavy (non-hydrogen) atoms. The first-order valence-corrected chi connectivity index (χ1v) is 8.28. The van der Waals surface area contributed by atoms with Crippen LogP contribution in [0.3, 0.4) is 0 Å². The number of benzene rings is 1. The number of ether oxygens (including phenoxy) is 1. The Kier molecular flexibility index (Phi) is 10.9. The van der Waals surface area contributed by atoms with Crippen molar-refractivity contribution in [3.8, 4) is 5.75 Å². The van der Waals surface area contributed by atoms with Crippen molar-refractivity contribution in [3.05, 3.63) is 29.3 Å². The van der Waals surface area contributed by atoms with Crippen LogP contribution in [0.5, 0.6) is 5.75 Å². The van der Waals surface area contributed by atoms with Gasteiger partial charge in [0.1, 0.15) is 18.5 Å². The van der Waals surface area contributed by atoms with Crippen LogP contribution in [0.1, 0.15) is 30.9 Å². The lowest BCUT2D eigenvalue weighted by molar-refractivity contribution is 0.0501. The average molecular weight is 379 g/mol. The van der Waals surface area contributed by atoms with Crippen molar-refractivity contribution in [2.45, 2.75) is 32.8 Å². The summed E-state index contributed by atoms with van der Waals surface area (Å²) in [5.41, 5.74) is 2.39. The standard InChI is InChI=1S/C18H30N2O2.2ClH/c1-14(2)17-6-5-15(3)11-18(17)22-13-16(21)12-20-9-7-19(4)8-10-20;;/h5-6,11,14,16,21H,7-10,12-13H2,1-4H3;2*1H. The van der Waals surface area contributed by atoms with E-state index in [2.05, 4.69) is 55.8 Å². The van der Waals surface area contributed by atoms with Crippen LogP contribution in [0, 0.1) is 6.92 Å². The molecule has 0 spiro atoms. The number of halogens is 2. The second kappa shape index (κ2) is 11.2. The minimum absolute atomic E-state index is 0. The van der Waals surface area contributed by atoms with E-state index in [0.717, 1.165) is 31.9 Å². The maximum atomic E-state index is 10.2. The minimum Gasteiger partial charge on any atom is -0.491 e. The molecule has 0 radical (unpaired) electrons. The minimum atomic E-state index is -0.441. The number of aryl methyl sites for hydroxylation is 1. The lowest BCUT2D eigenvalue weighted by Gasteiger charge is -2.33. The van der Waals surface area contributed by atoms with Gasteiger partial charge in [0.15, 0.2) is 0 Å². The molecule has 6 heteroatoms. The van der Waals surface area contributed by atoms with Crippen molar-refractivity contribution in [3.63, 3.8) is 0 Å². The van der Waals surface area contributed by atoms with Crippen molar-refractivity contribution in [2.75, 3.05) is 46.4 Å². The van der Waals surface area contributed by atoms with Crippen LogP contribution >= 0.6 is 24.8 Å². The molecule has 1 aliphatic rings. The molecule has 140 valence electrons. The fourth-order valence-electron chi connectivity index (χ4n) is 2.81. The van der Waals surface area contributed by atoms with Gasteiger partial charge in [-0.2, -0.15) is 0 Å². The van der Waals surface area contributed by atoms with Gasteiger partial charge in [0.2, 0.25) is 0 Å². The van der Waals surface area contributed by atoms with E-state index in [1.54, 1.807) is 0 Å². The second-order valence-electron chi connectivity index (χ2n) is 6.76. The summed E-state index contributed by atoms with van der Waals surface area (Å²) >= 11 is 0. The third-order valence-electron chi connectivity index (χ3n) is 4.29. The Bertz CT molecular complexity index is 478. The zero-order valence-corrected chi connectivity index (χ0v) is 16.8. The first-order valence-electron chi connectivity index (χ1n) is 8.28. The van der Waals surface area contributed by atoms with Crippen molar-refractivity contribution >= 4 is 24.8 Å². The number of aliphatic hydroxyl groups is 1. The molecule has 1 fully saturated rings. The van der Waals surface area contributed by atoms with Crippen molar-refractivity contribution in [1.29, 1.82) is 0 Å². The van der Waals surface area contributed by atoms with Crippen molar-refractivity contribution in [2.24, 2.45) is 0 Å². The molecule has 1 heterocycles. The van der Waals surface area contributed by atoms with Gasteiger partial charge in [-0.1, -0.05) is 26.0 Å². The number of β-amino-alcohol motifs (C(OH)–C–C–N with tert-alkyl or cyclic N) is 1. The molecule has 2 rings (SSSR count). The largest absolute Gasteiger partial charge is 0.491 e. The van der Waals surface area contributed by atoms with Gasteiger partial charge in [-0.15, -0.1) is 24.8 Å². The zero-order chi connectivity index (χ0) is 16.1. The van der Waals surface area contributed by atoms with Gasteiger partial charge in [-0.3, -0.25) is 4.90 Å². The second-order valence-corrected chi connectivity index (χ2v) is 6.76.